The molecule has 14 heteroatoms. The van der Waals surface area contributed by atoms with E-state index in [1.165, 1.54) is 25.3 Å². The number of alkyl halides is 3. The van der Waals surface area contributed by atoms with E-state index < -0.39 is 33.2 Å². The number of nitrogens with zero attached hydrogens (tertiary/aromatic N) is 5. The lowest BCUT2D eigenvalue weighted by Gasteiger charge is -2.18. The summed E-state index contributed by atoms with van der Waals surface area (Å²) in [6.07, 6.45) is -3.63. The molecule has 184 valence electrons. The average molecular weight is 508 g/mol. The van der Waals surface area contributed by atoms with Crippen molar-refractivity contribution in [2.45, 2.75) is 18.9 Å². The van der Waals surface area contributed by atoms with Crippen molar-refractivity contribution in [1.82, 2.24) is 24.5 Å². The zero-order valence-electron chi connectivity index (χ0n) is 18.4. The highest BCUT2D eigenvalue weighted by atomic mass is 32.2. The van der Waals surface area contributed by atoms with E-state index in [9.17, 15) is 21.6 Å². The maximum atomic E-state index is 14.1. The fraction of sp³-hybridized carbons (Fsp3) is 0.238. The van der Waals surface area contributed by atoms with Crippen LogP contribution in [0.25, 0.3) is 28.5 Å². The van der Waals surface area contributed by atoms with Crippen molar-refractivity contribution in [2.75, 3.05) is 13.7 Å². The van der Waals surface area contributed by atoms with E-state index in [1.807, 2.05) is 0 Å². The molecule has 0 radical (unpaired) electrons. The van der Waals surface area contributed by atoms with Crippen molar-refractivity contribution in [3.05, 3.63) is 53.9 Å². The summed E-state index contributed by atoms with van der Waals surface area (Å²) in [6, 6.07) is 8.18. The van der Waals surface area contributed by atoms with E-state index in [4.69, 9.17) is 14.6 Å². The molecule has 0 aliphatic rings. The molecule has 0 spiro atoms. The van der Waals surface area contributed by atoms with Crippen LogP contribution >= 0.6 is 0 Å². The Labute approximate surface area is 197 Å². The first-order valence-corrected chi connectivity index (χ1v) is 11.8. The van der Waals surface area contributed by atoms with E-state index >= 15 is 0 Å². The SMILES string of the molecule is CCOc1cccc(-c2nc3ncc(CS(N)(=O)=O)nc3n2-c2c(OC)cccc2C(F)(F)F)n1. The number of nitrogens with two attached hydrogens (primary N) is 1. The van der Waals surface area contributed by atoms with Crippen molar-refractivity contribution >= 4 is 21.3 Å². The molecule has 0 saturated carbocycles. The monoisotopic (exact) mass is 508 g/mol. The van der Waals surface area contributed by atoms with E-state index in [0.29, 0.717) is 6.61 Å². The van der Waals surface area contributed by atoms with Crippen molar-refractivity contribution in [1.29, 1.82) is 0 Å². The van der Waals surface area contributed by atoms with Gasteiger partial charge in [-0.25, -0.2) is 33.5 Å². The van der Waals surface area contributed by atoms with Gasteiger partial charge in [-0.3, -0.25) is 4.57 Å². The molecule has 0 bridgehead atoms. The maximum Gasteiger partial charge on any atom is 0.418 e. The largest absolute Gasteiger partial charge is 0.495 e. The molecule has 10 nitrogen and oxygen atoms in total. The number of hydrogen-bond donors (Lipinski definition) is 1. The van der Waals surface area contributed by atoms with Crippen LogP contribution in [-0.4, -0.2) is 46.6 Å². The number of methoxy groups -OCH3 is 1. The molecular weight excluding hydrogens is 489 g/mol. The Morgan fingerprint density at radius 3 is 2.49 bits per heavy atom. The number of rotatable bonds is 7. The summed E-state index contributed by atoms with van der Waals surface area (Å²) in [5.41, 5.74) is -1.53. The molecule has 4 rings (SSSR count). The van der Waals surface area contributed by atoms with Crippen molar-refractivity contribution in [3.8, 4) is 28.8 Å². The maximum absolute atomic E-state index is 14.1. The van der Waals surface area contributed by atoms with E-state index in [1.54, 1.807) is 19.1 Å². The topological polar surface area (TPSA) is 135 Å². The van der Waals surface area contributed by atoms with Gasteiger partial charge in [-0.2, -0.15) is 13.2 Å². The molecule has 0 aliphatic carbocycles. The second kappa shape index (κ2) is 9.11. The van der Waals surface area contributed by atoms with Crippen LogP contribution in [-0.2, 0) is 22.0 Å². The molecular formula is C21H19F3N6O4S. The summed E-state index contributed by atoms with van der Waals surface area (Å²) in [5.74, 6) is -0.605. The summed E-state index contributed by atoms with van der Waals surface area (Å²) < 4.78 is 77.3. The number of imidazole rings is 1. The lowest BCUT2D eigenvalue weighted by Crippen LogP contribution is -2.16. The Bertz CT molecular complexity index is 1500. The highest BCUT2D eigenvalue weighted by molar-refractivity contribution is 7.88. The number of fused-ring (bicyclic) bond motifs is 1. The molecule has 0 saturated heterocycles. The first-order chi connectivity index (χ1) is 16.5. The highest BCUT2D eigenvalue weighted by Crippen LogP contribution is 2.41. The molecule has 0 fully saturated rings. The van der Waals surface area contributed by atoms with Crippen LogP contribution in [0.3, 0.4) is 0 Å². The summed E-state index contributed by atoms with van der Waals surface area (Å²) in [5, 5.41) is 5.12. The standard InChI is InChI=1S/C21H19F3N6O4S/c1-3-34-16-9-5-7-14(28-16)19-29-18-20(27-12(10-26-18)11-35(25,31)32)30(19)17-13(21(22,23)24)6-4-8-15(17)33-2/h4-10H,3,11H2,1-2H3,(H2,25,31,32). The minimum atomic E-state index is -4.77. The van der Waals surface area contributed by atoms with Crippen LogP contribution in [0, 0.1) is 0 Å². The molecule has 35 heavy (non-hydrogen) atoms. The Hall–Kier alpha value is -3.78. The number of primary sulfonamides is 1. The molecule has 0 amide bonds. The van der Waals surface area contributed by atoms with Gasteiger partial charge in [0.25, 0.3) is 0 Å². The average Bonchev–Trinajstić information content (AvgIpc) is 3.15. The predicted molar refractivity (Wildman–Crippen MR) is 119 cm³/mol. The van der Waals surface area contributed by atoms with Gasteiger partial charge in [-0.15, -0.1) is 0 Å². The number of aromatic nitrogens is 5. The van der Waals surface area contributed by atoms with Crippen molar-refractivity contribution in [3.63, 3.8) is 0 Å². The second-order valence-electron chi connectivity index (χ2n) is 7.23. The number of benzene rings is 1. The van der Waals surface area contributed by atoms with Gasteiger partial charge >= 0.3 is 6.18 Å². The highest BCUT2D eigenvalue weighted by Gasteiger charge is 2.37. The van der Waals surface area contributed by atoms with Crippen LogP contribution in [0.4, 0.5) is 13.2 Å². The van der Waals surface area contributed by atoms with Gasteiger partial charge in [0.2, 0.25) is 15.9 Å². The number of pyridine rings is 1. The summed E-state index contributed by atoms with van der Waals surface area (Å²) in [6.45, 7) is 2.08. The summed E-state index contributed by atoms with van der Waals surface area (Å²) >= 11 is 0. The second-order valence-corrected chi connectivity index (χ2v) is 8.85. The quantitative estimate of drug-likeness (QED) is 0.402. The van der Waals surface area contributed by atoms with E-state index in [2.05, 4.69) is 19.9 Å². The van der Waals surface area contributed by atoms with Crippen molar-refractivity contribution < 1.29 is 31.1 Å². The molecule has 3 aromatic heterocycles. The van der Waals surface area contributed by atoms with Crippen LogP contribution < -0.4 is 14.6 Å². The third-order valence-electron chi connectivity index (χ3n) is 4.76. The lowest BCUT2D eigenvalue weighted by atomic mass is 10.1. The van der Waals surface area contributed by atoms with Crippen LogP contribution in [0.1, 0.15) is 18.2 Å². The van der Waals surface area contributed by atoms with E-state index in [-0.39, 0.29) is 40.1 Å². The summed E-state index contributed by atoms with van der Waals surface area (Å²) in [7, 11) is -2.76. The van der Waals surface area contributed by atoms with Gasteiger partial charge in [0, 0.05) is 6.07 Å². The molecule has 0 aliphatic heterocycles. The Morgan fingerprint density at radius 2 is 1.83 bits per heavy atom. The van der Waals surface area contributed by atoms with Crippen molar-refractivity contribution in [2.24, 2.45) is 5.14 Å². The van der Waals surface area contributed by atoms with E-state index in [0.717, 1.165) is 16.8 Å². The molecule has 4 aromatic rings. The van der Waals surface area contributed by atoms with Gasteiger partial charge in [0.05, 0.1) is 31.2 Å². The number of hydrogen-bond acceptors (Lipinski definition) is 8. The zero-order valence-corrected chi connectivity index (χ0v) is 19.3. The third-order valence-corrected chi connectivity index (χ3v) is 5.46. The van der Waals surface area contributed by atoms with Gasteiger partial charge in [0.15, 0.2) is 17.1 Å². The fourth-order valence-electron chi connectivity index (χ4n) is 3.46. The number of sulfonamides is 1. The molecule has 0 atom stereocenters. The fourth-order valence-corrected chi connectivity index (χ4v) is 4.01. The van der Waals surface area contributed by atoms with Crippen LogP contribution in [0.15, 0.2) is 42.6 Å². The summed E-state index contributed by atoms with van der Waals surface area (Å²) in [4.78, 5) is 17.1. The third kappa shape index (κ3) is 5.02. The van der Waals surface area contributed by atoms with Gasteiger partial charge in [-0.1, -0.05) is 12.1 Å². The minimum absolute atomic E-state index is 0.0377. The molecule has 0 unspecified atom stereocenters. The normalized spacial score (nSPS) is 12.2. The Balaban J connectivity index is 2.11. The first-order valence-electron chi connectivity index (χ1n) is 10.1. The minimum Gasteiger partial charge on any atom is -0.495 e. The van der Waals surface area contributed by atoms with Gasteiger partial charge in [-0.05, 0) is 25.1 Å². The molecule has 3 heterocycles. The first kappa shape index (κ1) is 24.3. The van der Waals surface area contributed by atoms with Gasteiger partial charge < -0.3 is 9.47 Å². The molecule has 1 aromatic carbocycles. The number of ether oxygens (including phenoxy) is 2. The number of halogens is 3. The smallest absolute Gasteiger partial charge is 0.418 e. The Morgan fingerprint density at radius 1 is 1.09 bits per heavy atom. The molecule has 2 N–H and O–H groups in total. The lowest BCUT2D eigenvalue weighted by molar-refractivity contribution is -0.137. The van der Waals surface area contributed by atoms with Crippen LogP contribution in [0.5, 0.6) is 11.6 Å². The number of para-hydroxylation sites is 1. The van der Waals surface area contributed by atoms with Gasteiger partial charge in [0.1, 0.15) is 22.9 Å². The Kier molecular flexibility index (Phi) is 6.34. The predicted octanol–water partition coefficient (Wildman–Crippen LogP) is 3.09. The van der Waals surface area contributed by atoms with Crippen LogP contribution in [0.2, 0.25) is 0 Å². The zero-order chi connectivity index (χ0) is 25.4.